The average molecular weight is 401 g/mol. The molecule has 0 amide bonds. The van der Waals surface area contributed by atoms with Crippen LogP contribution in [0.4, 0.5) is 13.2 Å². The molecule has 29 heavy (non-hydrogen) atoms. The maximum Gasteiger partial charge on any atom is 0.573 e. The van der Waals surface area contributed by atoms with Crippen molar-refractivity contribution in [2.75, 3.05) is 6.54 Å². The predicted molar refractivity (Wildman–Crippen MR) is 93.9 cm³/mol. The lowest BCUT2D eigenvalue weighted by molar-refractivity contribution is -0.274. The van der Waals surface area contributed by atoms with E-state index in [1.807, 2.05) is 0 Å². The van der Waals surface area contributed by atoms with Crippen molar-refractivity contribution in [2.24, 2.45) is 0 Å². The molecule has 1 fully saturated rings. The Balaban J connectivity index is 1.56. The third-order valence-corrected chi connectivity index (χ3v) is 4.51. The van der Waals surface area contributed by atoms with Crippen molar-refractivity contribution in [1.29, 1.82) is 5.26 Å². The standard InChI is InChI=1S/C19H14F3N5O2/c20-19(21,22)28-14-5-3-12(4-6-14)15-10-13(7-8-24-15)18-25-17(26-29-18)16-2-1-9-27(16)11-23/h3-8,10,16H,1-2,9H2. The number of hydrogen-bond acceptors (Lipinski definition) is 7. The molecule has 3 heterocycles. The van der Waals surface area contributed by atoms with Gasteiger partial charge < -0.3 is 9.26 Å². The van der Waals surface area contributed by atoms with Crippen LogP contribution in [0, 0.1) is 11.5 Å². The molecule has 1 aliphatic heterocycles. The number of pyridine rings is 1. The van der Waals surface area contributed by atoms with Crippen LogP contribution in [0.3, 0.4) is 0 Å². The molecule has 0 saturated carbocycles. The molecule has 10 heteroatoms. The minimum atomic E-state index is -4.74. The summed E-state index contributed by atoms with van der Waals surface area (Å²) >= 11 is 0. The van der Waals surface area contributed by atoms with E-state index < -0.39 is 6.36 Å². The maximum atomic E-state index is 12.3. The van der Waals surface area contributed by atoms with Crippen LogP contribution in [0.1, 0.15) is 24.7 Å². The summed E-state index contributed by atoms with van der Waals surface area (Å²) in [7, 11) is 0. The predicted octanol–water partition coefficient (Wildman–Crippen LogP) is 4.32. The molecular weight excluding hydrogens is 387 g/mol. The van der Waals surface area contributed by atoms with Gasteiger partial charge in [0.1, 0.15) is 11.8 Å². The van der Waals surface area contributed by atoms with Crippen molar-refractivity contribution < 1.29 is 22.4 Å². The highest BCUT2D eigenvalue weighted by Gasteiger charge is 2.31. The molecule has 0 spiro atoms. The van der Waals surface area contributed by atoms with Crippen LogP contribution >= 0.6 is 0 Å². The van der Waals surface area contributed by atoms with E-state index >= 15 is 0 Å². The Morgan fingerprint density at radius 1 is 1.17 bits per heavy atom. The lowest BCUT2D eigenvalue weighted by Crippen LogP contribution is -2.17. The van der Waals surface area contributed by atoms with Gasteiger partial charge in [-0.15, -0.1) is 13.2 Å². The fourth-order valence-electron chi connectivity index (χ4n) is 3.19. The lowest BCUT2D eigenvalue weighted by atomic mass is 10.1. The second-order valence-corrected chi connectivity index (χ2v) is 6.41. The summed E-state index contributed by atoms with van der Waals surface area (Å²) in [6, 6.07) is 8.61. The van der Waals surface area contributed by atoms with Gasteiger partial charge in [-0.3, -0.25) is 9.88 Å². The van der Waals surface area contributed by atoms with Crippen LogP contribution in [0.25, 0.3) is 22.7 Å². The number of aromatic nitrogens is 3. The van der Waals surface area contributed by atoms with Crippen molar-refractivity contribution >= 4 is 0 Å². The second kappa shape index (κ2) is 7.43. The summed E-state index contributed by atoms with van der Waals surface area (Å²) in [6.45, 7) is 0.665. The molecule has 1 aliphatic rings. The zero-order valence-electron chi connectivity index (χ0n) is 14.9. The third-order valence-electron chi connectivity index (χ3n) is 4.51. The Morgan fingerprint density at radius 3 is 2.69 bits per heavy atom. The number of ether oxygens (including phenoxy) is 1. The smallest absolute Gasteiger partial charge is 0.406 e. The Morgan fingerprint density at radius 2 is 1.97 bits per heavy atom. The van der Waals surface area contributed by atoms with Crippen molar-refractivity contribution in [1.82, 2.24) is 20.0 Å². The van der Waals surface area contributed by atoms with Crippen molar-refractivity contribution in [3.8, 4) is 34.7 Å². The summed E-state index contributed by atoms with van der Waals surface area (Å²) in [5.41, 5.74) is 1.75. The van der Waals surface area contributed by atoms with Gasteiger partial charge in [0.05, 0.1) is 5.69 Å². The molecule has 0 aliphatic carbocycles. The van der Waals surface area contributed by atoms with Gasteiger partial charge >= 0.3 is 6.36 Å². The Bertz CT molecular complexity index is 1040. The van der Waals surface area contributed by atoms with Gasteiger partial charge in [-0.05, 0) is 49.2 Å². The summed E-state index contributed by atoms with van der Waals surface area (Å²) in [4.78, 5) is 10.3. The van der Waals surface area contributed by atoms with Crippen LogP contribution in [-0.2, 0) is 0 Å². The van der Waals surface area contributed by atoms with Gasteiger partial charge in [0, 0.05) is 23.9 Å². The van der Waals surface area contributed by atoms with Crippen molar-refractivity contribution in [2.45, 2.75) is 25.2 Å². The second-order valence-electron chi connectivity index (χ2n) is 6.41. The molecule has 1 unspecified atom stereocenters. The number of benzene rings is 1. The van der Waals surface area contributed by atoms with E-state index in [1.165, 1.54) is 24.3 Å². The van der Waals surface area contributed by atoms with Gasteiger partial charge in [-0.2, -0.15) is 10.2 Å². The van der Waals surface area contributed by atoms with Gasteiger partial charge in [0.25, 0.3) is 5.89 Å². The Kier molecular flexibility index (Phi) is 4.80. The first-order valence-corrected chi connectivity index (χ1v) is 8.75. The number of rotatable bonds is 4. The number of nitriles is 1. The van der Waals surface area contributed by atoms with E-state index in [2.05, 4.69) is 26.1 Å². The van der Waals surface area contributed by atoms with Gasteiger partial charge in [-0.25, -0.2) is 0 Å². The molecule has 1 atom stereocenters. The SMILES string of the molecule is N#CN1CCCC1c1noc(-c2ccnc(-c3ccc(OC(F)(F)F)cc3)c2)n1. The monoisotopic (exact) mass is 401 g/mol. The van der Waals surface area contributed by atoms with E-state index in [0.717, 1.165) is 12.8 Å². The van der Waals surface area contributed by atoms with Crippen molar-refractivity contribution in [3.05, 3.63) is 48.4 Å². The van der Waals surface area contributed by atoms with E-state index in [0.29, 0.717) is 29.2 Å². The summed E-state index contributed by atoms with van der Waals surface area (Å²) < 4.78 is 46.1. The minimum Gasteiger partial charge on any atom is -0.406 e. The zero-order valence-corrected chi connectivity index (χ0v) is 14.9. The zero-order chi connectivity index (χ0) is 20.4. The number of nitrogens with zero attached hydrogens (tertiary/aromatic N) is 5. The van der Waals surface area contributed by atoms with Crippen LogP contribution < -0.4 is 4.74 Å². The van der Waals surface area contributed by atoms with Crippen LogP contribution in [0.5, 0.6) is 5.75 Å². The highest BCUT2D eigenvalue weighted by atomic mass is 19.4. The maximum absolute atomic E-state index is 12.3. The molecule has 0 N–H and O–H groups in total. The molecule has 0 bridgehead atoms. The number of hydrogen-bond donors (Lipinski definition) is 0. The molecule has 7 nitrogen and oxygen atoms in total. The largest absolute Gasteiger partial charge is 0.573 e. The number of likely N-dealkylation sites (tertiary alicyclic amines) is 1. The summed E-state index contributed by atoms with van der Waals surface area (Å²) in [6.07, 6.45) is 0.602. The quantitative estimate of drug-likeness (QED) is 0.602. The van der Waals surface area contributed by atoms with Crippen LogP contribution in [0.15, 0.2) is 47.1 Å². The highest BCUT2D eigenvalue weighted by Crippen LogP contribution is 2.31. The molecule has 1 saturated heterocycles. The van der Waals surface area contributed by atoms with Crippen molar-refractivity contribution in [3.63, 3.8) is 0 Å². The number of halogens is 3. The van der Waals surface area contributed by atoms with Gasteiger partial charge in [0.15, 0.2) is 12.0 Å². The first-order valence-electron chi connectivity index (χ1n) is 8.75. The molecule has 4 rings (SSSR count). The van der Waals surface area contributed by atoms with Crippen LogP contribution in [0.2, 0.25) is 0 Å². The normalized spacial score (nSPS) is 16.6. The average Bonchev–Trinajstić information content (AvgIpc) is 3.36. The molecule has 2 aromatic heterocycles. The summed E-state index contributed by atoms with van der Waals surface area (Å²) in [5.74, 6) is 0.425. The first kappa shape index (κ1) is 18.7. The molecule has 0 radical (unpaired) electrons. The lowest BCUT2D eigenvalue weighted by Gasteiger charge is -2.13. The Labute approximate surface area is 163 Å². The fourth-order valence-corrected chi connectivity index (χ4v) is 3.19. The van der Waals surface area contributed by atoms with Crippen LogP contribution in [-0.4, -0.2) is 32.9 Å². The highest BCUT2D eigenvalue weighted by molar-refractivity contribution is 5.66. The minimum absolute atomic E-state index is 0.194. The Hall–Kier alpha value is -3.61. The molecule has 148 valence electrons. The molecule has 1 aromatic carbocycles. The first-order chi connectivity index (χ1) is 13.9. The number of alkyl halides is 3. The van der Waals surface area contributed by atoms with E-state index in [1.54, 1.807) is 23.2 Å². The third kappa shape index (κ3) is 4.13. The van der Waals surface area contributed by atoms with Gasteiger partial charge in [0.2, 0.25) is 0 Å². The van der Waals surface area contributed by atoms with E-state index in [9.17, 15) is 18.4 Å². The van der Waals surface area contributed by atoms with E-state index in [4.69, 9.17) is 4.52 Å². The topological polar surface area (TPSA) is 88.1 Å². The molecule has 3 aromatic rings. The summed E-state index contributed by atoms with van der Waals surface area (Å²) in [5, 5.41) is 13.2. The van der Waals surface area contributed by atoms with Gasteiger partial charge in [-0.1, -0.05) is 5.16 Å². The fraction of sp³-hybridized carbons (Fsp3) is 0.263. The van der Waals surface area contributed by atoms with E-state index in [-0.39, 0.29) is 17.7 Å². The molecular formula is C19H14F3N5O2.